The van der Waals surface area contributed by atoms with Crippen LogP contribution in [-0.2, 0) is 16.2 Å². The van der Waals surface area contributed by atoms with E-state index in [-0.39, 0.29) is 10.8 Å². The van der Waals surface area contributed by atoms with Crippen molar-refractivity contribution in [3.8, 4) is 44.5 Å². The Morgan fingerprint density at radius 3 is 1.53 bits per heavy atom. The zero-order chi connectivity index (χ0) is 46.3. The van der Waals surface area contributed by atoms with Crippen LogP contribution in [0.1, 0.15) is 114 Å². The van der Waals surface area contributed by atoms with Gasteiger partial charge >= 0.3 is 0 Å². The fourth-order valence-corrected chi connectivity index (χ4v) is 10.0. The highest BCUT2D eigenvalue weighted by atomic mass is 15.2. The van der Waals surface area contributed by atoms with Gasteiger partial charge in [0.25, 0.3) is 0 Å². The molecule has 3 nitrogen and oxygen atoms in total. The van der Waals surface area contributed by atoms with Gasteiger partial charge in [-0.3, -0.25) is 0 Å². The van der Waals surface area contributed by atoms with Crippen molar-refractivity contribution in [3.63, 3.8) is 0 Å². The van der Waals surface area contributed by atoms with Crippen molar-refractivity contribution in [3.05, 3.63) is 196 Å². The number of anilines is 1. The summed E-state index contributed by atoms with van der Waals surface area (Å²) in [6.45, 7) is 32.3. The van der Waals surface area contributed by atoms with E-state index in [2.05, 4.69) is 213 Å². The summed E-state index contributed by atoms with van der Waals surface area (Å²) in [6, 6.07) is 45.0. The molecule has 2 aliphatic carbocycles. The van der Waals surface area contributed by atoms with Gasteiger partial charge < -0.3 is 15.5 Å². The van der Waals surface area contributed by atoms with Crippen LogP contribution in [0.25, 0.3) is 44.5 Å². The van der Waals surface area contributed by atoms with Crippen molar-refractivity contribution in [2.75, 3.05) is 25.5 Å². The van der Waals surface area contributed by atoms with Gasteiger partial charge in [0.1, 0.15) is 0 Å². The van der Waals surface area contributed by atoms with E-state index < -0.39 is 5.41 Å². The summed E-state index contributed by atoms with van der Waals surface area (Å²) in [5.74, 6) is 0.290. The van der Waals surface area contributed by atoms with Crippen LogP contribution in [0.2, 0.25) is 0 Å². The molecule has 0 fully saturated rings. The molecule has 0 aromatic heterocycles. The number of benzene rings is 6. The van der Waals surface area contributed by atoms with E-state index in [0.29, 0.717) is 5.92 Å². The van der Waals surface area contributed by atoms with Crippen LogP contribution in [-0.4, -0.2) is 20.6 Å². The lowest BCUT2D eigenvalue weighted by atomic mass is 9.68. The van der Waals surface area contributed by atoms with Gasteiger partial charge in [0.05, 0.1) is 5.41 Å². The standard InChI is InChI=1S/C59H65N3.C2H6/c1-37(2)56(29-31-61-13)62(40(5)28-30-60-12)45-22-27-47(39(4)32-45)42-19-24-49-48-23-18-41(46-17-15-14-16-38(46)3)33-52(48)59(53(49)34-42)54-35-43(57(6,7)8)20-25-50(54)51-26-21-44(36-55(51)59)58(9,10)11;1-2/h14-30,32-37,60-61H,5,31H2,1-4,6-13H3;1-2H3/b30-28-,56-29+;. The van der Waals surface area contributed by atoms with Crippen molar-refractivity contribution in [1.29, 1.82) is 0 Å². The lowest BCUT2D eigenvalue weighted by molar-refractivity contribution is 0.586. The third kappa shape index (κ3) is 7.98. The summed E-state index contributed by atoms with van der Waals surface area (Å²) >= 11 is 0. The summed E-state index contributed by atoms with van der Waals surface area (Å²) in [7, 11) is 3.91. The topological polar surface area (TPSA) is 27.3 Å². The van der Waals surface area contributed by atoms with E-state index in [1.54, 1.807) is 0 Å². The molecule has 0 unspecified atom stereocenters. The molecule has 330 valence electrons. The minimum Gasteiger partial charge on any atom is -0.394 e. The highest BCUT2D eigenvalue weighted by Crippen LogP contribution is 2.64. The third-order valence-electron chi connectivity index (χ3n) is 13.3. The van der Waals surface area contributed by atoms with Crippen LogP contribution in [0.5, 0.6) is 0 Å². The molecule has 0 bridgehead atoms. The minimum absolute atomic E-state index is 0.0186. The van der Waals surface area contributed by atoms with Crippen molar-refractivity contribution in [1.82, 2.24) is 10.6 Å². The van der Waals surface area contributed by atoms with Crippen LogP contribution in [0, 0.1) is 19.8 Å². The number of hydrogen-bond donors (Lipinski definition) is 2. The Hall–Kier alpha value is -5.90. The molecule has 0 atom stereocenters. The molecule has 6 aromatic rings. The van der Waals surface area contributed by atoms with Crippen molar-refractivity contribution < 1.29 is 0 Å². The summed E-state index contributed by atoms with van der Waals surface area (Å²) in [4.78, 5) is 2.30. The van der Waals surface area contributed by atoms with Gasteiger partial charge in [0, 0.05) is 30.7 Å². The van der Waals surface area contributed by atoms with Crippen molar-refractivity contribution in [2.24, 2.45) is 5.92 Å². The predicted octanol–water partition coefficient (Wildman–Crippen LogP) is 15.4. The van der Waals surface area contributed by atoms with Crippen molar-refractivity contribution >= 4 is 5.69 Å². The average molecular weight is 846 g/mol. The Morgan fingerprint density at radius 2 is 1.08 bits per heavy atom. The number of aryl methyl sites for hydroxylation is 2. The van der Waals surface area contributed by atoms with Gasteiger partial charge in [0.15, 0.2) is 0 Å². The number of nitrogens with zero attached hydrogens (tertiary/aromatic N) is 1. The first-order valence-corrected chi connectivity index (χ1v) is 23.4. The molecule has 8 rings (SSSR count). The number of likely N-dealkylation sites (N-methyl/N-ethyl adjacent to an activating group) is 1. The van der Waals surface area contributed by atoms with E-state index in [0.717, 1.165) is 17.9 Å². The zero-order valence-corrected chi connectivity index (χ0v) is 41.1. The van der Waals surface area contributed by atoms with Crippen LogP contribution in [0.15, 0.2) is 152 Å². The molecule has 0 amide bonds. The molecule has 0 saturated heterocycles. The summed E-state index contributed by atoms with van der Waals surface area (Å²) in [5, 5.41) is 6.47. The molecular weight excluding hydrogens is 775 g/mol. The highest BCUT2D eigenvalue weighted by molar-refractivity contribution is 5.97. The molecule has 0 radical (unpaired) electrons. The average Bonchev–Trinajstić information content (AvgIpc) is 3.73. The van der Waals surface area contributed by atoms with Crippen LogP contribution in [0.4, 0.5) is 5.69 Å². The van der Waals surface area contributed by atoms with E-state index in [4.69, 9.17) is 0 Å². The van der Waals surface area contributed by atoms with Gasteiger partial charge in [-0.1, -0.05) is 173 Å². The lowest BCUT2D eigenvalue weighted by Crippen LogP contribution is -2.27. The number of nitrogens with one attached hydrogen (secondary N) is 2. The molecule has 3 heteroatoms. The van der Waals surface area contributed by atoms with E-state index in [1.807, 2.05) is 40.2 Å². The second kappa shape index (κ2) is 17.9. The largest absolute Gasteiger partial charge is 0.394 e. The monoisotopic (exact) mass is 846 g/mol. The van der Waals surface area contributed by atoms with E-state index in [1.165, 1.54) is 94.7 Å². The molecule has 0 heterocycles. The Balaban J connectivity index is 0.00000302. The molecule has 2 aliphatic rings. The smallest absolute Gasteiger partial charge is 0.0726 e. The van der Waals surface area contributed by atoms with Gasteiger partial charge in [-0.05, 0) is 163 Å². The molecule has 6 aromatic carbocycles. The molecule has 2 N–H and O–H groups in total. The maximum Gasteiger partial charge on any atom is 0.0726 e. The lowest BCUT2D eigenvalue weighted by Gasteiger charge is -2.33. The predicted molar refractivity (Wildman–Crippen MR) is 279 cm³/mol. The molecule has 64 heavy (non-hydrogen) atoms. The van der Waals surface area contributed by atoms with Crippen LogP contribution < -0.4 is 15.5 Å². The van der Waals surface area contributed by atoms with Crippen LogP contribution >= 0.6 is 0 Å². The second-order valence-electron chi connectivity index (χ2n) is 19.9. The molecule has 1 spiro atoms. The maximum absolute atomic E-state index is 4.54. The summed E-state index contributed by atoms with van der Waals surface area (Å²) < 4.78 is 0. The van der Waals surface area contributed by atoms with Gasteiger partial charge in [-0.15, -0.1) is 0 Å². The fourth-order valence-electron chi connectivity index (χ4n) is 10.0. The summed E-state index contributed by atoms with van der Waals surface area (Å²) in [5.41, 5.74) is 23.7. The summed E-state index contributed by atoms with van der Waals surface area (Å²) in [6.07, 6.45) is 6.28. The molecular formula is C61H71N3. The first-order chi connectivity index (χ1) is 30.5. The number of rotatable bonds is 10. The second-order valence-corrected chi connectivity index (χ2v) is 19.9. The third-order valence-corrected chi connectivity index (χ3v) is 13.3. The van der Waals surface area contributed by atoms with E-state index >= 15 is 0 Å². The Labute approximate surface area is 386 Å². The van der Waals surface area contributed by atoms with Crippen molar-refractivity contribution in [2.45, 2.75) is 99.3 Å². The number of hydrogen-bond acceptors (Lipinski definition) is 3. The first-order valence-electron chi connectivity index (χ1n) is 23.4. The number of allylic oxidation sites excluding steroid dienone is 2. The zero-order valence-electron chi connectivity index (χ0n) is 41.1. The molecule has 0 aliphatic heterocycles. The minimum atomic E-state index is -0.515. The highest BCUT2D eigenvalue weighted by Gasteiger charge is 2.52. The van der Waals surface area contributed by atoms with Gasteiger partial charge in [0.2, 0.25) is 0 Å². The number of fused-ring (bicyclic) bond motifs is 10. The van der Waals surface area contributed by atoms with Gasteiger partial charge in [-0.2, -0.15) is 0 Å². The molecule has 0 saturated carbocycles. The first kappa shape index (κ1) is 46.1. The Bertz CT molecular complexity index is 2720. The SMILES string of the molecule is C=C(/C=C\NC)N(/C(=C/CNC)C(C)C)c1ccc(-c2ccc3c(c2)C2(c4cc(-c5ccccc5C)ccc4-3)c3cc(C(C)(C)C)ccc3-c3ccc(C(C)(C)C)cc32)c(C)c1.CC. The van der Waals surface area contributed by atoms with E-state index in [9.17, 15) is 0 Å². The van der Waals surface area contributed by atoms with Crippen LogP contribution in [0.3, 0.4) is 0 Å². The normalized spacial score (nSPS) is 13.6. The van der Waals surface area contributed by atoms with Gasteiger partial charge in [-0.25, -0.2) is 0 Å². The Kier molecular flexibility index (Phi) is 12.9. The fraction of sp³-hybridized carbons (Fsp3) is 0.311. The Morgan fingerprint density at radius 1 is 0.609 bits per heavy atom. The quantitative estimate of drug-likeness (QED) is 0.134. The maximum atomic E-state index is 4.54.